The first kappa shape index (κ1) is 14.8. The Morgan fingerprint density at radius 2 is 1.95 bits per heavy atom. The van der Waals surface area contributed by atoms with Gasteiger partial charge in [0.2, 0.25) is 0 Å². The van der Waals surface area contributed by atoms with Gasteiger partial charge in [0.05, 0.1) is 0 Å². The highest BCUT2D eigenvalue weighted by Gasteiger charge is 2.09. The molecule has 0 aliphatic heterocycles. The van der Waals surface area contributed by atoms with E-state index >= 15 is 0 Å². The molecule has 0 saturated carbocycles. The molecule has 0 radical (unpaired) electrons. The number of ether oxygens (including phenoxy) is 1. The molecule has 0 bridgehead atoms. The minimum Gasteiger partial charge on any atom is -0.489 e. The Morgan fingerprint density at radius 3 is 2.60 bits per heavy atom. The van der Waals surface area contributed by atoms with Crippen LogP contribution in [0.5, 0.6) is 5.75 Å². The van der Waals surface area contributed by atoms with Crippen molar-refractivity contribution >= 4 is 11.6 Å². The van der Waals surface area contributed by atoms with Crippen LogP contribution in [-0.4, -0.2) is 0 Å². The molecule has 2 N–H and O–H groups in total. The summed E-state index contributed by atoms with van der Waals surface area (Å²) in [6.45, 7) is 1.76. The zero-order valence-corrected chi connectivity index (χ0v) is 11.6. The van der Waals surface area contributed by atoms with Gasteiger partial charge in [0.1, 0.15) is 24.0 Å². The lowest BCUT2D eigenvalue weighted by Crippen LogP contribution is -2.07. The van der Waals surface area contributed by atoms with Gasteiger partial charge in [0, 0.05) is 28.3 Å². The van der Waals surface area contributed by atoms with Crippen molar-refractivity contribution in [2.24, 2.45) is 5.73 Å². The van der Waals surface area contributed by atoms with Crippen molar-refractivity contribution in [1.29, 1.82) is 0 Å². The fourth-order valence-corrected chi connectivity index (χ4v) is 1.95. The van der Waals surface area contributed by atoms with Crippen LogP contribution in [0.15, 0.2) is 36.4 Å². The number of hydrogen-bond acceptors (Lipinski definition) is 2. The maximum atomic E-state index is 13.7. The van der Waals surface area contributed by atoms with E-state index in [1.165, 1.54) is 24.3 Å². The molecule has 2 nitrogen and oxygen atoms in total. The molecule has 0 aromatic heterocycles. The maximum absolute atomic E-state index is 13.7. The Hall–Kier alpha value is -1.65. The zero-order valence-electron chi connectivity index (χ0n) is 10.9. The van der Waals surface area contributed by atoms with Gasteiger partial charge in [-0.2, -0.15) is 0 Å². The summed E-state index contributed by atoms with van der Waals surface area (Å²) in [4.78, 5) is 0. The quantitative estimate of drug-likeness (QED) is 0.917. The number of halogens is 3. The highest BCUT2D eigenvalue weighted by Crippen LogP contribution is 2.23. The SMILES string of the molecule is C[C@H](N)c1ccc(OCc2cc(F)ccc2Cl)cc1F. The van der Waals surface area contributed by atoms with E-state index in [2.05, 4.69) is 0 Å². The van der Waals surface area contributed by atoms with Gasteiger partial charge >= 0.3 is 0 Å². The van der Waals surface area contributed by atoms with Gasteiger partial charge in [0.25, 0.3) is 0 Å². The first-order chi connectivity index (χ1) is 9.47. The lowest BCUT2D eigenvalue weighted by molar-refractivity contribution is 0.303. The minimum absolute atomic E-state index is 0.0631. The van der Waals surface area contributed by atoms with E-state index in [0.717, 1.165) is 0 Å². The monoisotopic (exact) mass is 297 g/mol. The molecule has 5 heteroatoms. The second-order valence-corrected chi connectivity index (χ2v) is 4.90. The molecule has 0 fully saturated rings. The van der Waals surface area contributed by atoms with Crippen LogP contribution in [0.1, 0.15) is 24.1 Å². The van der Waals surface area contributed by atoms with Crippen LogP contribution in [0, 0.1) is 11.6 Å². The van der Waals surface area contributed by atoms with E-state index in [4.69, 9.17) is 22.1 Å². The summed E-state index contributed by atoms with van der Waals surface area (Å²) < 4.78 is 32.2. The molecule has 0 spiro atoms. The molecular weight excluding hydrogens is 284 g/mol. The van der Waals surface area contributed by atoms with Crippen molar-refractivity contribution in [2.45, 2.75) is 19.6 Å². The van der Waals surface area contributed by atoms with Crippen molar-refractivity contribution in [2.75, 3.05) is 0 Å². The first-order valence-corrected chi connectivity index (χ1v) is 6.47. The molecule has 2 aromatic carbocycles. The molecule has 0 unspecified atom stereocenters. The molecule has 0 aliphatic rings. The van der Waals surface area contributed by atoms with Crippen LogP contribution < -0.4 is 10.5 Å². The molecule has 0 aliphatic carbocycles. The molecule has 0 heterocycles. The third kappa shape index (κ3) is 3.46. The molecule has 20 heavy (non-hydrogen) atoms. The van der Waals surface area contributed by atoms with Gasteiger partial charge in [-0.3, -0.25) is 0 Å². The van der Waals surface area contributed by atoms with E-state index in [-0.39, 0.29) is 12.6 Å². The molecule has 0 amide bonds. The number of rotatable bonds is 4. The molecule has 2 rings (SSSR count). The van der Waals surface area contributed by atoms with Crippen molar-refractivity contribution in [3.63, 3.8) is 0 Å². The number of benzene rings is 2. The van der Waals surface area contributed by atoms with Gasteiger partial charge in [-0.15, -0.1) is 0 Å². The van der Waals surface area contributed by atoms with Gasteiger partial charge in [0.15, 0.2) is 0 Å². The molecule has 0 saturated heterocycles. The number of nitrogens with two attached hydrogens (primary N) is 1. The second-order valence-electron chi connectivity index (χ2n) is 4.50. The maximum Gasteiger partial charge on any atom is 0.131 e. The lowest BCUT2D eigenvalue weighted by atomic mass is 10.1. The Balaban J connectivity index is 2.11. The van der Waals surface area contributed by atoms with Gasteiger partial charge < -0.3 is 10.5 Å². The molecule has 2 aromatic rings. The minimum atomic E-state index is -0.428. The van der Waals surface area contributed by atoms with E-state index in [1.54, 1.807) is 19.1 Å². The van der Waals surface area contributed by atoms with Crippen LogP contribution in [0.3, 0.4) is 0 Å². The summed E-state index contributed by atoms with van der Waals surface area (Å²) in [6.07, 6.45) is 0. The van der Waals surface area contributed by atoms with E-state index in [9.17, 15) is 8.78 Å². The fourth-order valence-electron chi connectivity index (χ4n) is 1.78. The molecule has 106 valence electrons. The second kappa shape index (κ2) is 6.20. The summed E-state index contributed by atoms with van der Waals surface area (Å²) in [7, 11) is 0. The number of hydrogen-bond donors (Lipinski definition) is 1. The van der Waals surface area contributed by atoms with Crippen LogP contribution in [-0.2, 0) is 6.61 Å². The highest BCUT2D eigenvalue weighted by atomic mass is 35.5. The van der Waals surface area contributed by atoms with Crippen LogP contribution in [0.2, 0.25) is 5.02 Å². The predicted molar refractivity (Wildman–Crippen MR) is 74.7 cm³/mol. The van der Waals surface area contributed by atoms with Gasteiger partial charge in [-0.1, -0.05) is 17.7 Å². The molecule has 1 atom stereocenters. The zero-order chi connectivity index (χ0) is 14.7. The predicted octanol–water partition coefficient (Wildman–Crippen LogP) is 4.22. The topological polar surface area (TPSA) is 35.2 Å². The third-order valence-electron chi connectivity index (χ3n) is 2.86. The van der Waals surface area contributed by atoms with E-state index in [0.29, 0.717) is 21.9 Å². The Kier molecular flexibility index (Phi) is 4.57. The third-order valence-corrected chi connectivity index (χ3v) is 3.23. The largest absolute Gasteiger partial charge is 0.489 e. The summed E-state index contributed by atoms with van der Waals surface area (Å²) in [6, 6.07) is 8.07. The normalized spacial score (nSPS) is 12.2. The van der Waals surface area contributed by atoms with Crippen molar-refractivity contribution < 1.29 is 13.5 Å². The smallest absolute Gasteiger partial charge is 0.131 e. The summed E-state index contributed by atoms with van der Waals surface area (Å²) in [5.74, 6) is -0.485. The van der Waals surface area contributed by atoms with E-state index in [1.807, 2.05) is 0 Å². The average molecular weight is 298 g/mol. The van der Waals surface area contributed by atoms with Crippen LogP contribution in [0.25, 0.3) is 0 Å². The van der Waals surface area contributed by atoms with Crippen molar-refractivity contribution in [3.8, 4) is 5.75 Å². The Labute approximate surface area is 121 Å². The van der Waals surface area contributed by atoms with Crippen molar-refractivity contribution in [1.82, 2.24) is 0 Å². The van der Waals surface area contributed by atoms with Crippen molar-refractivity contribution in [3.05, 3.63) is 64.2 Å². The standard InChI is InChI=1S/C15H14ClF2NO/c1-9(19)13-4-3-12(7-15(13)18)20-8-10-6-11(17)2-5-14(10)16/h2-7,9H,8,19H2,1H3/t9-/m0/s1. The highest BCUT2D eigenvalue weighted by molar-refractivity contribution is 6.31. The fraction of sp³-hybridized carbons (Fsp3) is 0.200. The molecular formula is C15H14ClF2NO. The van der Waals surface area contributed by atoms with Gasteiger partial charge in [-0.05, 0) is 31.2 Å². The van der Waals surface area contributed by atoms with Gasteiger partial charge in [-0.25, -0.2) is 8.78 Å². The first-order valence-electron chi connectivity index (χ1n) is 6.09. The summed E-state index contributed by atoms with van der Waals surface area (Å²) >= 11 is 5.92. The van der Waals surface area contributed by atoms with Crippen LogP contribution in [0.4, 0.5) is 8.78 Å². The Morgan fingerprint density at radius 1 is 1.20 bits per heavy atom. The lowest BCUT2D eigenvalue weighted by Gasteiger charge is -2.11. The summed E-state index contributed by atoms with van der Waals surface area (Å²) in [5.41, 5.74) is 6.55. The van der Waals surface area contributed by atoms with E-state index < -0.39 is 11.6 Å². The Bertz CT molecular complexity index is 617. The summed E-state index contributed by atoms with van der Waals surface area (Å²) in [5, 5.41) is 0.402. The average Bonchev–Trinajstić information content (AvgIpc) is 2.39. The van der Waals surface area contributed by atoms with Crippen LogP contribution >= 0.6 is 11.6 Å².